The number of hydrogen-bond acceptors (Lipinski definition) is 2. The van der Waals surface area contributed by atoms with E-state index in [1.54, 1.807) is 0 Å². The van der Waals surface area contributed by atoms with Gasteiger partial charge in [-0.3, -0.25) is 0 Å². The van der Waals surface area contributed by atoms with Crippen molar-refractivity contribution in [3.8, 4) is 0 Å². The third kappa shape index (κ3) is 2.41. The van der Waals surface area contributed by atoms with Crippen molar-refractivity contribution in [2.24, 2.45) is 0 Å². The molecule has 0 atom stereocenters. The largest absolute Gasteiger partial charge is 0.378 e. The maximum absolute atomic E-state index is 2.26. The zero-order valence-electron chi connectivity index (χ0n) is 9.78. The van der Waals surface area contributed by atoms with Gasteiger partial charge in [0.2, 0.25) is 0 Å². The van der Waals surface area contributed by atoms with E-state index < -0.39 is 0 Å². The van der Waals surface area contributed by atoms with Crippen molar-refractivity contribution in [3.05, 3.63) is 24.3 Å². The fourth-order valence-corrected chi connectivity index (χ4v) is 1.28. The van der Waals surface area contributed by atoms with Crippen LogP contribution in [0.3, 0.4) is 0 Å². The predicted octanol–water partition coefficient (Wildman–Crippen LogP) is 2.60. The molecule has 0 radical (unpaired) electrons. The highest BCUT2D eigenvalue weighted by Crippen LogP contribution is 2.19. The van der Waals surface area contributed by atoms with Crippen LogP contribution in [0.15, 0.2) is 24.3 Å². The minimum atomic E-state index is 0.542. The number of anilines is 2. The van der Waals surface area contributed by atoms with E-state index in [1.807, 2.05) is 0 Å². The highest BCUT2D eigenvalue weighted by atomic mass is 15.1. The molecule has 1 rings (SSSR count). The molecule has 78 valence electrons. The third-order valence-electron chi connectivity index (χ3n) is 2.55. The number of hydrogen-bond donors (Lipinski definition) is 0. The average Bonchev–Trinajstić information content (AvgIpc) is 2.16. The Morgan fingerprint density at radius 2 is 1.29 bits per heavy atom. The Hall–Kier alpha value is -1.18. The number of benzene rings is 1. The average molecular weight is 192 g/mol. The quantitative estimate of drug-likeness (QED) is 0.726. The molecule has 0 saturated carbocycles. The Labute approximate surface area is 87.1 Å². The van der Waals surface area contributed by atoms with Crippen molar-refractivity contribution < 1.29 is 0 Å². The molecule has 1 aromatic carbocycles. The van der Waals surface area contributed by atoms with Gasteiger partial charge in [0, 0.05) is 38.6 Å². The lowest BCUT2D eigenvalue weighted by atomic mass is 10.2. The van der Waals surface area contributed by atoms with Crippen LogP contribution >= 0.6 is 0 Å². The van der Waals surface area contributed by atoms with Gasteiger partial charge < -0.3 is 9.80 Å². The van der Waals surface area contributed by atoms with Crippen LogP contribution in [0.1, 0.15) is 13.8 Å². The lowest BCUT2D eigenvalue weighted by Crippen LogP contribution is -2.25. The summed E-state index contributed by atoms with van der Waals surface area (Å²) in [5, 5.41) is 0. The first-order valence-corrected chi connectivity index (χ1v) is 5.02. The first-order valence-electron chi connectivity index (χ1n) is 5.02. The summed E-state index contributed by atoms with van der Waals surface area (Å²) < 4.78 is 0. The van der Waals surface area contributed by atoms with Gasteiger partial charge in [-0.2, -0.15) is 0 Å². The molecule has 0 aliphatic rings. The zero-order valence-corrected chi connectivity index (χ0v) is 9.78. The van der Waals surface area contributed by atoms with Crippen molar-refractivity contribution >= 4 is 11.4 Å². The van der Waals surface area contributed by atoms with Crippen molar-refractivity contribution in [1.82, 2.24) is 0 Å². The summed E-state index contributed by atoms with van der Waals surface area (Å²) in [7, 11) is 6.23. The molecule has 2 heteroatoms. The zero-order chi connectivity index (χ0) is 10.7. The second-order valence-corrected chi connectivity index (χ2v) is 4.12. The standard InChI is InChI=1S/C12H20N2/c1-10(2)14(5)12-8-6-11(7-9-12)13(3)4/h6-10H,1-5H3. The highest BCUT2D eigenvalue weighted by Gasteiger charge is 2.04. The molecule has 0 aliphatic carbocycles. The van der Waals surface area contributed by atoms with E-state index in [4.69, 9.17) is 0 Å². The van der Waals surface area contributed by atoms with Crippen molar-refractivity contribution in [2.75, 3.05) is 30.9 Å². The van der Waals surface area contributed by atoms with E-state index in [9.17, 15) is 0 Å². The lowest BCUT2D eigenvalue weighted by Gasteiger charge is -2.24. The highest BCUT2D eigenvalue weighted by molar-refractivity contribution is 5.55. The van der Waals surface area contributed by atoms with Gasteiger partial charge >= 0.3 is 0 Å². The van der Waals surface area contributed by atoms with Crippen LogP contribution in [0, 0.1) is 0 Å². The summed E-state index contributed by atoms with van der Waals surface area (Å²) in [4.78, 5) is 4.37. The third-order valence-corrected chi connectivity index (χ3v) is 2.55. The molecule has 0 amide bonds. The molecule has 0 spiro atoms. The molecular weight excluding hydrogens is 172 g/mol. The normalized spacial score (nSPS) is 10.4. The van der Waals surface area contributed by atoms with Crippen LogP contribution in [0.5, 0.6) is 0 Å². The number of rotatable bonds is 3. The lowest BCUT2D eigenvalue weighted by molar-refractivity contribution is 0.755. The Morgan fingerprint density at radius 1 is 0.857 bits per heavy atom. The molecule has 0 fully saturated rings. The van der Waals surface area contributed by atoms with Crippen LogP contribution in [-0.4, -0.2) is 27.2 Å². The molecule has 0 aliphatic heterocycles. The Morgan fingerprint density at radius 3 is 1.64 bits per heavy atom. The van der Waals surface area contributed by atoms with E-state index in [-0.39, 0.29) is 0 Å². The number of nitrogens with zero attached hydrogens (tertiary/aromatic N) is 2. The summed E-state index contributed by atoms with van der Waals surface area (Å²) in [6, 6.07) is 9.16. The molecule has 0 aromatic heterocycles. The fourth-order valence-electron chi connectivity index (χ4n) is 1.28. The fraction of sp³-hybridized carbons (Fsp3) is 0.500. The minimum Gasteiger partial charge on any atom is -0.378 e. The Kier molecular flexibility index (Phi) is 3.39. The first kappa shape index (κ1) is 10.9. The topological polar surface area (TPSA) is 6.48 Å². The van der Waals surface area contributed by atoms with Gasteiger partial charge in [-0.25, -0.2) is 0 Å². The summed E-state index contributed by atoms with van der Waals surface area (Å²) >= 11 is 0. The maximum atomic E-state index is 2.26. The predicted molar refractivity (Wildman–Crippen MR) is 64.3 cm³/mol. The van der Waals surface area contributed by atoms with Gasteiger partial charge in [0.05, 0.1) is 0 Å². The van der Waals surface area contributed by atoms with Crippen LogP contribution in [0.4, 0.5) is 11.4 Å². The van der Waals surface area contributed by atoms with E-state index in [0.717, 1.165) is 0 Å². The van der Waals surface area contributed by atoms with Crippen molar-refractivity contribution in [2.45, 2.75) is 19.9 Å². The summed E-state index contributed by atoms with van der Waals surface area (Å²) in [6.45, 7) is 4.39. The molecule has 0 saturated heterocycles. The molecule has 14 heavy (non-hydrogen) atoms. The second-order valence-electron chi connectivity index (χ2n) is 4.12. The maximum Gasteiger partial charge on any atom is 0.0367 e. The van der Waals surface area contributed by atoms with Gasteiger partial charge in [0.15, 0.2) is 0 Å². The van der Waals surface area contributed by atoms with Gasteiger partial charge in [-0.1, -0.05) is 0 Å². The van der Waals surface area contributed by atoms with Crippen molar-refractivity contribution in [3.63, 3.8) is 0 Å². The second kappa shape index (κ2) is 4.36. The molecule has 0 heterocycles. The summed E-state index contributed by atoms with van der Waals surface area (Å²) in [5.41, 5.74) is 2.51. The molecule has 0 bridgehead atoms. The SMILES string of the molecule is CC(C)N(C)c1ccc(N(C)C)cc1. The van der Waals surface area contributed by atoms with Gasteiger partial charge in [0.1, 0.15) is 0 Å². The molecular formula is C12H20N2. The summed E-state index contributed by atoms with van der Waals surface area (Å²) in [5.74, 6) is 0. The molecule has 1 aromatic rings. The molecule has 2 nitrogen and oxygen atoms in total. The van der Waals surface area contributed by atoms with Gasteiger partial charge in [0.25, 0.3) is 0 Å². The molecule has 0 N–H and O–H groups in total. The minimum absolute atomic E-state index is 0.542. The van der Waals surface area contributed by atoms with Gasteiger partial charge in [-0.15, -0.1) is 0 Å². The van der Waals surface area contributed by atoms with Crippen LogP contribution in [0.2, 0.25) is 0 Å². The Bertz CT molecular complexity index is 275. The van der Waals surface area contributed by atoms with E-state index >= 15 is 0 Å². The van der Waals surface area contributed by atoms with Crippen LogP contribution in [0.25, 0.3) is 0 Å². The van der Waals surface area contributed by atoms with E-state index in [1.165, 1.54) is 11.4 Å². The van der Waals surface area contributed by atoms with Gasteiger partial charge in [-0.05, 0) is 38.1 Å². The van der Waals surface area contributed by atoms with Crippen LogP contribution < -0.4 is 9.80 Å². The van der Waals surface area contributed by atoms with E-state index in [2.05, 4.69) is 69.1 Å². The Balaban J connectivity index is 2.83. The van der Waals surface area contributed by atoms with E-state index in [0.29, 0.717) is 6.04 Å². The van der Waals surface area contributed by atoms with Crippen molar-refractivity contribution in [1.29, 1.82) is 0 Å². The first-order chi connectivity index (χ1) is 6.52. The van der Waals surface area contributed by atoms with Crippen LogP contribution in [-0.2, 0) is 0 Å². The monoisotopic (exact) mass is 192 g/mol. The molecule has 0 unspecified atom stereocenters. The summed E-state index contributed by atoms with van der Waals surface area (Å²) in [6.07, 6.45) is 0. The smallest absolute Gasteiger partial charge is 0.0367 e.